The van der Waals surface area contributed by atoms with Gasteiger partial charge in [-0.05, 0) is 35.7 Å². The van der Waals surface area contributed by atoms with Gasteiger partial charge in [0, 0.05) is 32.4 Å². The number of rotatable bonds is 4. The fourth-order valence-electron chi connectivity index (χ4n) is 3.51. The van der Waals surface area contributed by atoms with E-state index in [9.17, 15) is 0 Å². The van der Waals surface area contributed by atoms with Gasteiger partial charge in [-0.25, -0.2) is 4.98 Å². The number of methoxy groups -OCH3 is 2. The van der Waals surface area contributed by atoms with Gasteiger partial charge in [-0.2, -0.15) is 4.98 Å². The van der Waals surface area contributed by atoms with Crippen LogP contribution in [0.5, 0.6) is 11.5 Å². The molecule has 1 fully saturated rings. The maximum absolute atomic E-state index is 5.45. The highest BCUT2D eigenvalue weighted by atomic mass is 16.5. The highest BCUT2D eigenvalue weighted by Crippen LogP contribution is 2.34. The molecule has 0 unspecified atom stereocenters. The zero-order chi connectivity index (χ0) is 17.9. The third-order valence-corrected chi connectivity index (χ3v) is 4.96. The Bertz CT molecular complexity index is 777. The summed E-state index contributed by atoms with van der Waals surface area (Å²) in [5, 5.41) is 0. The summed E-state index contributed by atoms with van der Waals surface area (Å²) in [6.45, 7) is 4.85. The largest absolute Gasteiger partial charge is 0.493 e. The Morgan fingerprint density at radius 2 is 1.69 bits per heavy atom. The van der Waals surface area contributed by atoms with Gasteiger partial charge in [0.25, 0.3) is 0 Å². The third-order valence-electron chi connectivity index (χ3n) is 4.96. The first-order valence-corrected chi connectivity index (χ1v) is 8.93. The van der Waals surface area contributed by atoms with Crippen LogP contribution in [0.1, 0.15) is 11.1 Å². The van der Waals surface area contributed by atoms with Crippen LogP contribution in [0.2, 0.25) is 0 Å². The van der Waals surface area contributed by atoms with Crippen molar-refractivity contribution < 1.29 is 14.2 Å². The van der Waals surface area contributed by atoms with Crippen LogP contribution in [0.15, 0.2) is 24.4 Å². The molecule has 7 heteroatoms. The number of ether oxygens (including phenoxy) is 3. The summed E-state index contributed by atoms with van der Waals surface area (Å²) in [5.74, 6) is 3.30. The second kappa shape index (κ2) is 7.37. The Labute approximate surface area is 153 Å². The fourth-order valence-corrected chi connectivity index (χ4v) is 3.51. The number of benzene rings is 1. The number of fused-ring (bicyclic) bond motifs is 1. The van der Waals surface area contributed by atoms with Crippen LogP contribution < -0.4 is 19.3 Å². The molecule has 2 aliphatic heterocycles. The molecule has 0 atom stereocenters. The number of anilines is 2. The number of nitrogens with zero attached hydrogens (tertiary/aromatic N) is 4. The van der Waals surface area contributed by atoms with Crippen LogP contribution in [0.3, 0.4) is 0 Å². The molecule has 0 N–H and O–H groups in total. The average molecular weight is 356 g/mol. The van der Waals surface area contributed by atoms with Gasteiger partial charge in [0.1, 0.15) is 5.82 Å². The number of aromatic nitrogens is 2. The van der Waals surface area contributed by atoms with E-state index < -0.39 is 0 Å². The van der Waals surface area contributed by atoms with E-state index in [1.165, 1.54) is 11.1 Å². The van der Waals surface area contributed by atoms with Crippen molar-refractivity contribution in [2.24, 2.45) is 0 Å². The maximum Gasteiger partial charge on any atom is 0.227 e. The van der Waals surface area contributed by atoms with Crippen molar-refractivity contribution in [3.05, 3.63) is 35.5 Å². The summed E-state index contributed by atoms with van der Waals surface area (Å²) in [5.41, 5.74) is 2.56. The molecule has 0 amide bonds. The smallest absolute Gasteiger partial charge is 0.227 e. The molecule has 2 aromatic rings. The predicted octanol–water partition coefficient (Wildman–Crippen LogP) is 1.89. The van der Waals surface area contributed by atoms with Crippen molar-refractivity contribution in [2.45, 2.75) is 13.0 Å². The molecular formula is C19H24N4O3. The van der Waals surface area contributed by atoms with Gasteiger partial charge < -0.3 is 24.0 Å². The van der Waals surface area contributed by atoms with Crippen LogP contribution in [-0.2, 0) is 17.7 Å². The Morgan fingerprint density at radius 3 is 2.42 bits per heavy atom. The van der Waals surface area contributed by atoms with Crippen molar-refractivity contribution in [3.63, 3.8) is 0 Å². The molecule has 0 spiro atoms. The quantitative estimate of drug-likeness (QED) is 0.829. The lowest BCUT2D eigenvalue weighted by Crippen LogP contribution is -2.38. The van der Waals surface area contributed by atoms with Gasteiger partial charge in [0.15, 0.2) is 11.5 Å². The molecular weight excluding hydrogens is 332 g/mol. The highest BCUT2D eigenvalue weighted by Gasteiger charge is 2.22. The lowest BCUT2D eigenvalue weighted by molar-refractivity contribution is 0.122. The Balaban J connectivity index is 1.57. The van der Waals surface area contributed by atoms with Crippen molar-refractivity contribution in [1.82, 2.24) is 9.97 Å². The second-order valence-corrected chi connectivity index (χ2v) is 6.46. The van der Waals surface area contributed by atoms with Gasteiger partial charge in [-0.15, -0.1) is 0 Å². The van der Waals surface area contributed by atoms with Crippen molar-refractivity contribution in [3.8, 4) is 11.5 Å². The van der Waals surface area contributed by atoms with Gasteiger partial charge in [-0.3, -0.25) is 0 Å². The van der Waals surface area contributed by atoms with Gasteiger partial charge in [0.05, 0.1) is 27.4 Å². The lowest BCUT2D eigenvalue weighted by atomic mass is 9.99. The summed E-state index contributed by atoms with van der Waals surface area (Å²) >= 11 is 0. The molecule has 7 nitrogen and oxygen atoms in total. The van der Waals surface area contributed by atoms with E-state index in [0.717, 1.165) is 69.1 Å². The molecule has 1 aromatic heterocycles. The highest BCUT2D eigenvalue weighted by molar-refractivity contribution is 5.52. The Hall–Kier alpha value is -2.54. The molecule has 1 saturated heterocycles. The van der Waals surface area contributed by atoms with E-state index in [1.807, 2.05) is 12.3 Å². The lowest BCUT2D eigenvalue weighted by Gasteiger charge is -2.32. The summed E-state index contributed by atoms with van der Waals surface area (Å²) in [7, 11) is 3.34. The van der Waals surface area contributed by atoms with E-state index in [1.54, 1.807) is 14.2 Å². The van der Waals surface area contributed by atoms with Crippen LogP contribution in [0.25, 0.3) is 0 Å². The minimum Gasteiger partial charge on any atom is -0.493 e. The molecule has 0 aliphatic carbocycles. The van der Waals surface area contributed by atoms with Crippen molar-refractivity contribution in [2.75, 3.05) is 56.9 Å². The molecule has 26 heavy (non-hydrogen) atoms. The Morgan fingerprint density at radius 1 is 0.962 bits per heavy atom. The summed E-state index contributed by atoms with van der Waals surface area (Å²) in [6.07, 6.45) is 2.80. The topological polar surface area (TPSA) is 60.0 Å². The summed E-state index contributed by atoms with van der Waals surface area (Å²) < 4.78 is 16.3. The van der Waals surface area contributed by atoms with Crippen LogP contribution in [0.4, 0.5) is 11.8 Å². The summed E-state index contributed by atoms with van der Waals surface area (Å²) in [4.78, 5) is 13.7. The Kier molecular flexibility index (Phi) is 4.79. The van der Waals surface area contributed by atoms with Crippen molar-refractivity contribution >= 4 is 11.8 Å². The monoisotopic (exact) mass is 356 g/mol. The fraction of sp³-hybridized carbons (Fsp3) is 0.474. The van der Waals surface area contributed by atoms with Crippen LogP contribution >= 0.6 is 0 Å². The SMILES string of the molecule is COc1cc2c(cc1OC)CN(c1ccnc(N3CCOCC3)n1)CC2. The minimum absolute atomic E-state index is 0.728. The molecule has 1 aromatic carbocycles. The minimum atomic E-state index is 0.728. The molecule has 0 bridgehead atoms. The van der Waals surface area contributed by atoms with Crippen LogP contribution in [-0.4, -0.2) is 57.0 Å². The van der Waals surface area contributed by atoms with E-state index >= 15 is 0 Å². The number of hydrogen-bond acceptors (Lipinski definition) is 7. The van der Waals surface area contributed by atoms with E-state index in [0.29, 0.717) is 0 Å². The average Bonchev–Trinajstić information content (AvgIpc) is 2.73. The van der Waals surface area contributed by atoms with Gasteiger partial charge in [-0.1, -0.05) is 0 Å². The van der Waals surface area contributed by atoms with E-state index in [4.69, 9.17) is 19.2 Å². The van der Waals surface area contributed by atoms with E-state index in [-0.39, 0.29) is 0 Å². The molecule has 138 valence electrons. The third kappa shape index (κ3) is 3.26. The van der Waals surface area contributed by atoms with E-state index in [2.05, 4.69) is 26.9 Å². The first kappa shape index (κ1) is 16.9. The van der Waals surface area contributed by atoms with Crippen LogP contribution in [0, 0.1) is 0 Å². The normalized spacial score (nSPS) is 17.0. The number of morpholine rings is 1. The molecule has 0 radical (unpaired) electrons. The maximum atomic E-state index is 5.45. The molecule has 4 rings (SSSR count). The first-order chi connectivity index (χ1) is 12.8. The van der Waals surface area contributed by atoms with Gasteiger partial charge >= 0.3 is 0 Å². The van der Waals surface area contributed by atoms with Gasteiger partial charge in [0.2, 0.25) is 5.95 Å². The predicted molar refractivity (Wildman–Crippen MR) is 99.4 cm³/mol. The molecule has 3 heterocycles. The molecule has 0 saturated carbocycles. The number of hydrogen-bond donors (Lipinski definition) is 0. The zero-order valence-electron chi connectivity index (χ0n) is 15.3. The standard InChI is InChI=1S/C19H24N4O3/c1-24-16-11-14-4-6-23(13-15(14)12-17(16)25-2)18-3-5-20-19(21-18)22-7-9-26-10-8-22/h3,5,11-12H,4,6-10,13H2,1-2H3. The van der Waals surface area contributed by atoms with Crippen molar-refractivity contribution in [1.29, 1.82) is 0 Å². The first-order valence-electron chi connectivity index (χ1n) is 8.93. The zero-order valence-corrected chi connectivity index (χ0v) is 15.3. The second-order valence-electron chi connectivity index (χ2n) is 6.46. The molecule has 2 aliphatic rings. The summed E-state index contributed by atoms with van der Waals surface area (Å²) in [6, 6.07) is 6.14.